The largest absolute Gasteiger partial charge is 0.493 e. The molecule has 0 saturated carbocycles. The molecule has 0 aliphatic carbocycles. The molecule has 0 unspecified atom stereocenters. The van der Waals surface area contributed by atoms with E-state index in [4.69, 9.17) is 33.5 Å². The molecule has 0 saturated heterocycles. The summed E-state index contributed by atoms with van der Waals surface area (Å²) < 4.78 is 35.8. The van der Waals surface area contributed by atoms with Crippen LogP contribution >= 0.6 is 0 Å². The number of hydrogen-bond acceptors (Lipinski definition) is 14. The average Bonchev–Trinajstić information content (AvgIpc) is 3.46. The van der Waals surface area contributed by atoms with Gasteiger partial charge in [0.15, 0.2) is 11.4 Å². The Labute approximate surface area is 292 Å². The molecule has 0 spiro atoms. The molecule has 6 rings (SSSR count). The molecule has 15 heteroatoms. The van der Waals surface area contributed by atoms with Crippen LogP contribution in [0.25, 0.3) is 28.0 Å². The number of pyridine rings is 1. The summed E-state index contributed by atoms with van der Waals surface area (Å²) in [5.74, 6) is -4.12. The van der Waals surface area contributed by atoms with Crippen LogP contribution in [-0.4, -0.2) is 103 Å². The van der Waals surface area contributed by atoms with Crippen molar-refractivity contribution in [3.8, 4) is 51.6 Å². The standard InChI is InChI=1S/C36H35N5O10/c1-39(2)16-6-18-46-23-9-5-8-22(20-23)41-35-31-32(38-41)25-11-10-24(47-19-7-17-40(3)4)21-26(25)48-27(42)12-15-30(45)51-36(37-35)34-33(31)49-28(43)13-14-29(44)50-34/h5,8-15,20-21H,6-7,16-19H2,1-4H3/b14-13+,15-12+. The summed E-state index contributed by atoms with van der Waals surface area (Å²) in [5, 5.41) is 4.96. The molecule has 264 valence electrons. The molecule has 0 atom stereocenters. The first-order valence-corrected chi connectivity index (χ1v) is 16.1. The first-order valence-electron chi connectivity index (χ1n) is 16.1. The van der Waals surface area contributed by atoms with Crippen LogP contribution in [0.5, 0.6) is 34.6 Å². The van der Waals surface area contributed by atoms with Gasteiger partial charge in [-0.1, -0.05) is 6.07 Å². The van der Waals surface area contributed by atoms with Gasteiger partial charge in [-0.2, -0.15) is 10.1 Å². The van der Waals surface area contributed by atoms with Crippen molar-refractivity contribution < 1.29 is 47.6 Å². The fourth-order valence-corrected chi connectivity index (χ4v) is 5.24. The van der Waals surface area contributed by atoms with Crippen LogP contribution in [0.15, 0.2) is 66.8 Å². The number of esters is 4. The Kier molecular flexibility index (Phi) is 10.4. The maximum atomic E-state index is 13.0. The lowest BCUT2D eigenvalue weighted by Gasteiger charge is -2.16. The lowest BCUT2D eigenvalue weighted by Crippen LogP contribution is -2.17. The summed E-state index contributed by atoms with van der Waals surface area (Å²) in [5.41, 5.74) is 0.915. The van der Waals surface area contributed by atoms with Crippen molar-refractivity contribution >= 4 is 34.9 Å². The van der Waals surface area contributed by atoms with Crippen LogP contribution in [-0.2, 0) is 19.2 Å². The second-order valence-corrected chi connectivity index (χ2v) is 12.1. The van der Waals surface area contributed by atoms with Gasteiger partial charge < -0.3 is 38.2 Å². The van der Waals surface area contributed by atoms with E-state index >= 15 is 0 Å². The molecular weight excluding hydrogens is 662 g/mol. The highest BCUT2D eigenvalue weighted by Gasteiger charge is 2.33. The highest BCUT2D eigenvalue weighted by Crippen LogP contribution is 2.48. The summed E-state index contributed by atoms with van der Waals surface area (Å²) >= 11 is 0. The smallest absolute Gasteiger partial charge is 0.337 e. The Hall–Kier alpha value is -6.06. The predicted octanol–water partition coefficient (Wildman–Crippen LogP) is 3.51. The second-order valence-electron chi connectivity index (χ2n) is 12.1. The van der Waals surface area contributed by atoms with E-state index in [1.165, 1.54) is 10.7 Å². The van der Waals surface area contributed by atoms with Crippen LogP contribution in [0, 0.1) is 0 Å². The van der Waals surface area contributed by atoms with Crippen molar-refractivity contribution in [3.05, 3.63) is 66.8 Å². The Morgan fingerprint density at radius 2 is 1.27 bits per heavy atom. The number of rotatable bonds is 11. The van der Waals surface area contributed by atoms with Gasteiger partial charge in [0.25, 0.3) is 5.88 Å². The van der Waals surface area contributed by atoms with Gasteiger partial charge in [0.1, 0.15) is 22.9 Å². The summed E-state index contributed by atoms with van der Waals surface area (Å²) in [6.07, 6.45) is 5.00. The van der Waals surface area contributed by atoms with Crippen molar-refractivity contribution in [3.63, 3.8) is 0 Å². The van der Waals surface area contributed by atoms with E-state index in [1.54, 1.807) is 36.4 Å². The van der Waals surface area contributed by atoms with Crippen molar-refractivity contribution in [1.82, 2.24) is 24.6 Å². The van der Waals surface area contributed by atoms with Gasteiger partial charge in [-0.25, -0.2) is 23.9 Å². The van der Waals surface area contributed by atoms with Gasteiger partial charge in [0.2, 0.25) is 5.75 Å². The molecule has 0 N–H and O–H groups in total. The van der Waals surface area contributed by atoms with E-state index in [0.29, 0.717) is 30.4 Å². The summed E-state index contributed by atoms with van der Waals surface area (Å²) in [6, 6.07) is 11.9. The highest BCUT2D eigenvalue weighted by atomic mass is 16.6. The summed E-state index contributed by atoms with van der Waals surface area (Å²) in [6.45, 7) is 2.48. The first kappa shape index (κ1) is 34.8. The minimum absolute atomic E-state index is 0.0128. The van der Waals surface area contributed by atoms with Gasteiger partial charge >= 0.3 is 23.9 Å². The van der Waals surface area contributed by atoms with E-state index in [-0.39, 0.29) is 33.8 Å². The summed E-state index contributed by atoms with van der Waals surface area (Å²) in [7, 11) is 7.88. The minimum Gasteiger partial charge on any atom is -0.493 e. The van der Waals surface area contributed by atoms with Crippen molar-refractivity contribution in [1.29, 1.82) is 0 Å². The Bertz CT molecular complexity index is 2070. The molecule has 0 fully saturated rings. The maximum absolute atomic E-state index is 13.0. The molecule has 2 aromatic heterocycles. The van der Waals surface area contributed by atoms with Crippen molar-refractivity contribution in [2.75, 3.05) is 54.5 Å². The van der Waals surface area contributed by atoms with Gasteiger partial charge in [-0.3, -0.25) is 0 Å². The van der Waals surface area contributed by atoms with E-state index in [2.05, 4.69) is 9.88 Å². The van der Waals surface area contributed by atoms with Gasteiger partial charge in [0.05, 0.1) is 24.3 Å². The Balaban J connectivity index is 1.57. The van der Waals surface area contributed by atoms with E-state index in [0.717, 1.165) is 50.2 Å². The number of hydrogen-bond donors (Lipinski definition) is 0. The van der Waals surface area contributed by atoms with Crippen LogP contribution < -0.4 is 28.4 Å². The normalized spacial score (nSPS) is 15.4. The second kappa shape index (κ2) is 15.2. The van der Waals surface area contributed by atoms with Gasteiger partial charge in [-0.05, 0) is 65.3 Å². The lowest BCUT2D eigenvalue weighted by atomic mass is 10.1. The Morgan fingerprint density at radius 1 is 0.686 bits per heavy atom. The number of fused-ring (bicyclic) bond motifs is 2. The molecule has 2 aliphatic heterocycles. The van der Waals surface area contributed by atoms with E-state index < -0.39 is 35.5 Å². The van der Waals surface area contributed by atoms with E-state index in [9.17, 15) is 19.2 Å². The van der Waals surface area contributed by atoms with Crippen molar-refractivity contribution in [2.45, 2.75) is 12.8 Å². The molecule has 4 aromatic rings. The number of aromatic nitrogens is 3. The molecule has 4 heterocycles. The van der Waals surface area contributed by atoms with Crippen LogP contribution in [0.4, 0.5) is 0 Å². The third-order valence-electron chi connectivity index (χ3n) is 7.53. The predicted molar refractivity (Wildman–Crippen MR) is 182 cm³/mol. The number of benzene rings is 2. The third-order valence-corrected chi connectivity index (χ3v) is 7.53. The zero-order chi connectivity index (χ0) is 36.1. The molecule has 2 aliphatic rings. The lowest BCUT2D eigenvalue weighted by molar-refractivity contribution is -0.134. The minimum atomic E-state index is -1.06. The number of carbonyl (C=O) groups is 4. The number of nitrogens with zero attached hydrogens (tertiary/aromatic N) is 5. The highest BCUT2D eigenvalue weighted by molar-refractivity contribution is 6.05. The zero-order valence-corrected chi connectivity index (χ0v) is 28.4. The number of ether oxygens (including phenoxy) is 6. The average molecular weight is 698 g/mol. The fraction of sp³-hybridized carbons (Fsp3) is 0.278. The molecule has 2 aromatic carbocycles. The molecule has 0 radical (unpaired) electrons. The quantitative estimate of drug-likeness (QED) is 0.127. The number of carbonyl (C=O) groups excluding carboxylic acids is 4. The van der Waals surface area contributed by atoms with Gasteiger partial charge in [-0.15, -0.1) is 0 Å². The van der Waals surface area contributed by atoms with Crippen LogP contribution in [0.2, 0.25) is 0 Å². The molecular formula is C36H35N5O10. The third kappa shape index (κ3) is 8.22. The summed E-state index contributed by atoms with van der Waals surface area (Å²) in [4.78, 5) is 60.2. The van der Waals surface area contributed by atoms with E-state index in [1.807, 2.05) is 33.1 Å². The Morgan fingerprint density at radius 3 is 1.92 bits per heavy atom. The molecule has 0 amide bonds. The SMILES string of the molecule is CN(C)CCCOc1cccc(-n2nc3c4c5c(c(nc42)OC(=O)/C=C/C(=O)Oc2cc(OCCCN(C)C)ccc2-3)OC(=O)/C=C/C(=O)O5)c1. The molecule has 51 heavy (non-hydrogen) atoms. The van der Waals surface area contributed by atoms with Crippen LogP contribution in [0.3, 0.4) is 0 Å². The monoisotopic (exact) mass is 697 g/mol. The fourth-order valence-electron chi connectivity index (χ4n) is 5.24. The topological polar surface area (TPSA) is 161 Å². The first-order chi connectivity index (χ1) is 24.5. The molecule has 2 bridgehead atoms. The maximum Gasteiger partial charge on any atom is 0.337 e. The molecule has 15 nitrogen and oxygen atoms in total. The zero-order valence-electron chi connectivity index (χ0n) is 28.4. The van der Waals surface area contributed by atoms with Gasteiger partial charge in [0, 0.05) is 55.1 Å². The van der Waals surface area contributed by atoms with Crippen molar-refractivity contribution in [2.24, 2.45) is 0 Å². The van der Waals surface area contributed by atoms with Crippen LogP contribution in [0.1, 0.15) is 12.8 Å².